The van der Waals surface area contributed by atoms with Gasteiger partial charge in [-0.2, -0.15) is 0 Å². The molecule has 0 spiro atoms. The highest BCUT2D eigenvalue weighted by atomic mass is 127. The van der Waals surface area contributed by atoms with E-state index < -0.39 is 0 Å². The normalized spacial score (nSPS) is 19.9. The summed E-state index contributed by atoms with van der Waals surface area (Å²) in [5.74, 6) is 0. The molecule has 0 bridgehead atoms. The molecule has 0 saturated heterocycles. The van der Waals surface area contributed by atoms with Crippen LogP contribution in [0, 0.1) is 8.99 Å². The number of nitrogens with one attached hydrogen (secondary N) is 1. The van der Waals surface area contributed by atoms with E-state index in [4.69, 9.17) is 0 Å². The van der Waals surface area contributed by atoms with Crippen molar-refractivity contribution < 1.29 is 0 Å². The molecule has 0 amide bonds. The smallest absolute Gasteiger partial charge is 0.0161 e. The largest absolute Gasteiger partial charge is 0.313 e. The maximum absolute atomic E-state index is 3.73. The molecule has 0 radical (unpaired) electrons. The van der Waals surface area contributed by atoms with E-state index in [-0.39, 0.29) is 0 Å². The third-order valence-electron chi connectivity index (χ3n) is 4.39. The van der Waals surface area contributed by atoms with Gasteiger partial charge in [0.05, 0.1) is 0 Å². The number of hydrogen-bond acceptors (Lipinski definition) is 1. The van der Waals surface area contributed by atoms with Crippen LogP contribution in [0.1, 0.15) is 45.1 Å². The first-order valence-electron chi connectivity index (χ1n) is 7.12. The van der Waals surface area contributed by atoms with Crippen molar-refractivity contribution in [1.82, 2.24) is 5.32 Å². The lowest BCUT2D eigenvalue weighted by Gasteiger charge is -2.35. The molecule has 1 aliphatic rings. The molecule has 2 rings (SSSR count). The summed E-state index contributed by atoms with van der Waals surface area (Å²) in [6, 6.07) is 9.63. The van der Waals surface area contributed by atoms with Crippen LogP contribution in [-0.2, 0) is 6.42 Å². The van der Waals surface area contributed by atoms with Crippen LogP contribution in [0.2, 0.25) is 0 Å². The summed E-state index contributed by atoms with van der Waals surface area (Å²) >= 11 is 2.37. The fraction of sp³-hybridized carbons (Fsp3) is 0.625. The summed E-state index contributed by atoms with van der Waals surface area (Å²) in [7, 11) is 0. The third-order valence-corrected chi connectivity index (χ3v) is 5.11. The van der Waals surface area contributed by atoms with Crippen molar-refractivity contribution >= 4 is 22.6 Å². The fourth-order valence-corrected chi connectivity index (χ4v) is 3.56. The van der Waals surface area contributed by atoms with Crippen LogP contribution in [0.4, 0.5) is 0 Å². The zero-order valence-electron chi connectivity index (χ0n) is 11.5. The zero-order valence-corrected chi connectivity index (χ0v) is 13.7. The molecule has 1 nitrogen and oxygen atoms in total. The minimum absolute atomic E-state index is 0.499. The molecule has 1 unspecified atom stereocenters. The maximum Gasteiger partial charge on any atom is 0.0161 e. The molecule has 1 fully saturated rings. The quantitative estimate of drug-likeness (QED) is 0.771. The molecule has 0 aromatic heterocycles. The summed E-state index contributed by atoms with van der Waals surface area (Å²) in [4.78, 5) is 0. The lowest BCUT2D eigenvalue weighted by molar-refractivity contribution is 0.222. The molecule has 0 aliphatic heterocycles. The Bertz CT molecular complexity index is 365. The van der Waals surface area contributed by atoms with E-state index >= 15 is 0 Å². The molecular formula is C16H24IN. The Morgan fingerprint density at radius 3 is 2.39 bits per heavy atom. The molecular weight excluding hydrogens is 333 g/mol. The number of hydrogen-bond donors (Lipinski definition) is 1. The van der Waals surface area contributed by atoms with Crippen LogP contribution in [-0.4, -0.2) is 12.6 Å². The number of halogens is 1. The lowest BCUT2D eigenvalue weighted by Crippen LogP contribution is -2.43. The molecule has 1 N–H and O–H groups in total. The predicted octanol–water partition coefficient (Wildman–Crippen LogP) is 4.39. The highest BCUT2D eigenvalue weighted by molar-refractivity contribution is 14.1. The van der Waals surface area contributed by atoms with E-state index in [1.165, 1.54) is 41.2 Å². The van der Waals surface area contributed by atoms with Crippen molar-refractivity contribution in [3.63, 3.8) is 0 Å². The Morgan fingerprint density at radius 2 is 1.83 bits per heavy atom. The molecule has 1 atom stereocenters. The fourth-order valence-electron chi connectivity index (χ4n) is 3.20. The Hall–Kier alpha value is -0.0900. The minimum atomic E-state index is 0.499. The van der Waals surface area contributed by atoms with Gasteiger partial charge < -0.3 is 5.32 Å². The monoisotopic (exact) mass is 357 g/mol. The van der Waals surface area contributed by atoms with Gasteiger partial charge >= 0.3 is 0 Å². The van der Waals surface area contributed by atoms with Crippen molar-refractivity contribution in [3.05, 3.63) is 33.4 Å². The van der Waals surface area contributed by atoms with E-state index in [9.17, 15) is 0 Å². The Labute approximate surface area is 125 Å². The summed E-state index contributed by atoms with van der Waals surface area (Å²) in [5.41, 5.74) is 1.97. The average molecular weight is 357 g/mol. The lowest BCUT2D eigenvalue weighted by atomic mass is 9.78. The van der Waals surface area contributed by atoms with Crippen molar-refractivity contribution in [2.45, 2.75) is 52.0 Å². The minimum Gasteiger partial charge on any atom is -0.313 e. The van der Waals surface area contributed by atoms with E-state index in [1.807, 2.05) is 0 Å². The molecule has 1 aromatic rings. The van der Waals surface area contributed by atoms with Gasteiger partial charge in [0.1, 0.15) is 0 Å². The van der Waals surface area contributed by atoms with E-state index in [0.717, 1.165) is 6.54 Å². The number of rotatable bonds is 5. The van der Waals surface area contributed by atoms with Crippen molar-refractivity contribution in [3.8, 4) is 0 Å². The second kappa shape index (κ2) is 6.38. The topological polar surface area (TPSA) is 12.0 Å². The number of benzene rings is 1. The number of likely N-dealkylation sites (N-methyl/N-ethyl adjacent to an activating group) is 1. The Kier molecular flexibility index (Phi) is 5.07. The molecule has 2 heteroatoms. The van der Waals surface area contributed by atoms with Crippen molar-refractivity contribution in [2.24, 2.45) is 5.41 Å². The summed E-state index contributed by atoms with van der Waals surface area (Å²) in [6.45, 7) is 5.77. The van der Waals surface area contributed by atoms with Gasteiger partial charge in [-0.15, -0.1) is 0 Å². The van der Waals surface area contributed by atoms with Crippen molar-refractivity contribution in [1.29, 1.82) is 0 Å². The van der Waals surface area contributed by atoms with E-state index in [0.29, 0.717) is 11.5 Å². The second-order valence-corrected chi connectivity index (χ2v) is 7.05. The third kappa shape index (κ3) is 3.47. The zero-order chi connectivity index (χ0) is 13.0. The molecule has 0 heterocycles. The van der Waals surface area contributed by atoms with E-state index in [2.05, 4.69) is 66.0 Å². The van der Waals surface area contributed by atoms with Gasteiger partial charge in [-0.3, -0.25) is 0 Å². The van der Waals surface area contributed by atoms with Crippen LogP contribution >= 0.6 is 22.6 Å². The average Bonchev–Trinajstić information content (AvgIpc) is 2.80. The first kappa shape index (κ1) is 14.3. The van der Waals surface area contributed by atoms with Crippen molar-refractivity contribution in [2.75, 3.05) is 6.54 Å². The van der Waals surface area contributed by atoms with Gasteiger partial charge in [-0.05, 0) is 71.5 Å². The van der Waals surface area contributed by atoms with Gasteiger partial charge in [0.15, 0.2) is 0 Å². The molecule has 1 aromatic carbocycles. The summed E-state index contributed by atoms with van der Waals surface area (Å²) in [5, 5.41) is 3.73. The van der Waals surface area contributed by atoms with Gasteiger partial charge in [0.2, 0.25) is 0 Å². The first-order chi connectivity index (χ1) is 8.64. The maximum atomic E-state index is 3.73. The highest BCUT2D eigenvalue weighted by Gasteiger charge is 2.36. The SMILES string of the molecule is CCNC(Cc1ccc(I)cc1)C1(C)CCCC1. The summed E-state index contributed by atoms with van der Waals surface area (Å²) < 4.78 is 1.32. The van der Waals surface area contributed by atoms with E-state index in [1.54, 1.807) is 0 Å². The molecule has 1 aliphatic carbocycles. The molecule has 100 valence electrons. The molecule has 1 saturated carbocycles. The van der Waals surface area contributed by atoms with Crippen LogP contribution in [0.15, 0.2) is 24.3 Å². The van der Waals surface area contributed by atoms with Crippen LogP contribution in [0.3, 0.4) is 0 Å². The highest BCUT2D eigenvalue weighted by Crippen LogP contribution is 2.41. The van der Waals surface area contributed by atoms with Gasteiger partial charge in [0, 0.05) is 9.61 Å². The first-order valence-corrected chi connectivity index (χ1v) is 8.20. The van der Waals surface area contributed by atoms with Crippen LogP contribution in [0.25, 0.3) is 0 Å². The Morgan fingerprint density at radius 1 is 1.22 bits per heavy atom. The van der Waals surface area contributed by atoms with Gasteiger partial charge in [-0.1, -0.05) is 38.8 Å². The predicted molar refractivity (Wildman–Crippen MR) is 86.9 cm³/mol. The van der Waals surface area contributed by atoms with Gasteiger partial charge in [0.25, 0.3) is 0 Å². The summed E-state index contributed by atoms with van der Waals surface area (Å²) in [6.07, 6.45) is 6.75. The standard InChI is InChI=1S/C16H24IN/c1-3-18-15(16(2)10-4-5-11-16)12-13-6-8-14(17)9-7-13/h6-9,15,18H,3-5,10-12H2,1-2H3. The second-order valence-electron chi connectivity index (χ2n) is 5.80. The van der Waals surface area contributed by atoms with Crippen LogP contribution < -0.4 is 5.32 Å². The Balaban J connectivity index is 2.08. The molecule has 18 heavy (non-hydrogen) atoms. The van der Waals surface area contributed by atoms with Gasteiger partial charge in [-0.25, -0.2) is 0 Å². The van der Waals surface area contributed by atoms with Crippen LogP contribution in [0.5, 0.6) is 0 Å².